The second-order valence-corrected chi connectivity index (χ2v) is 10.7. The zero-order chi connectivity index (χ0) is 11.9. The Morgan fingerprint density at radius 1 is 1.47 bits per heavy atom. The lowest BCUT2D eigenvalue weighted by Gasteiger charge is -2.28. The zero-order valence-electron chi connectivity index (χ0n) is 10.3. The highest BCUT2D eigenvalue weighted by Gasteiger charge is 2.39. The molecule has 0 amide bonds. The number of hydrogen-bond donors (Lipinski definition) is 1. The molecule has 0 spiro atoms. The summed E-state index contributed by atoms with van der Waals surface area (Å²) in [5, 5.41) is 11.0. The lowest BCUT2D eigenvalue weighted by atomic mass is 10.2. The van der Waals surface area contributed by atoms with Crippen LogP contribution in [0.25, 0.3) is 0 Å². The molecule has 1 saturated heterocycles. The van der Waals surface area contributed by atoms with Crippen molar-refractivity contribution in [3.8, 4) is 0 Å². The molecule has 88 valence electrons. The molecule has 1 fully saturated rings. The van der Waals surface area contributed by atoms with Crippen LogP contribution in [0.2, 0.25) is 19.6 Å². The van der Waals surface area contributed by atoms with Crippen molar-refractivity contribution in [2.75, 3.05) is 6.61 Å². The third-order valence-electron chi connectivity index (χ3n) is 2.70. The predicted octanol–water partition coefficient (Wildman–Crippen LogP) is 1.93. The minimum atomic E-state index is -1.52. The monoisotopic (exact) mass is 230 g/mol. The van der Waals surface area contributed by atoms with Crippen LogP contribution in [0.4, 0.5) is 0 Å². The molecule has 0 saturated carbocycles. The minimum Gasteiger partial charge on any atom is -0.386 e. The van der Waals surface area contributed by atoms with Crippen LogP contribution in [0.15, 0.2) is 11.8 Å². The highest BCUT2D eigenvalue weighted by Crippen LogP contribution is 2.28. The van der Waals surface area contributed by atoms with Gasteiger partial charge in [-0.1, -0.05) is 24.8 Å². The van der Waals surface area contributed by atoms with Crippen molar-refractivity contribution >= 4 is 8.07 Å². The summed E-state index contributed by atoms with van der Waals surface area (Å²) in [7, 11) is -1.52. The topological polar surface area (TPSA) is 38.7 Å². The summed E-state index contributed by atoms with van der Waals surface area (Å²) in [5.74, 6) is -0.578. The Kier molecular flexibility index (Phi) is 3.45. The third-order valence-corrected chi connectivity index (χ3v) is 4.93. The molecule has 0 aromatic heterocycles. The van der Waals surface area contributed by atoms with E-state index in [4.69, 9.17) is 9.47 Å². The summed E-state index contributed by atoms with van der Waals surface area (Å²) < 4.78 is 11.0. The summed E-state index contributed by atoms with van der Waals surface area (Å²) in [4.78, 5) is 0. The van der Waals surface area contributed by atoms with E-state index in [9.17, 15) is 5.11 Å². The molecule has 0 bridgehead atoms. The second kappa shape index (κ2) is 4.01. The van der Waals surface area contributed by atoms with Gasteiger partial charge in [0.05, 0.1) is 20.8 Å². The fraction of sp³-hybridized carbons (Fsp3) is 0.818. The highest BCUT2D eigenvalue weighted by molar-refractivity contribution is 6.83. The molecule has 0 aromatic carbocycles. The van der Waals surface area contributed by atoms with E-state index in [0.29, 0.717) is 6.61 Å². The molecule has 4 heteroatoms. The molecule has 1 N–H and O–H groups in total. The molecule has 0 radical (unpaired) electrons. The number of aliphatic hydroxyl groups is 1. The number of ether oxygens (including phenoxy) is 2. The molecule has 0 aliphatic carbocycles. The molecule has 3 nitrogen and oxygen atoms in total. The predicted molar refractivity (Wildman–Crippen MR) is 63.4 cm³/mol. The van der Waals surface area contributed by atoms with Crippen molar-refractivity contribution in [2.45, 2.75) is 51.5 Å². The van der Waals surface area contributed by atoms with Gasteiger partial charge in [0.25, 0.3) is 0 Å². The van der Waals surface area contributed by atoms with Gasteiger partial charge in [0.2, 0.25) is 0 Å². The third kappa shape index (κ3) is 3.14. The quantitative estimate of drug-likeness (QED) is 0.753. The molecule has 1 aliphatic rings. The molecule has 1 rings (SSSR count). The van der Waals surface area contributed by atoms with Gasteiger partial charge in [0, 0.05) is 0 Å². The van der Waals surface area contributed by atoms with Crippen LogP contribution in [0.3, 0.4) is 0 Å². The Balaban J connectivity index is 2.63. The fourth-order valence-electron chi connectivity index (χ4n) is 1.54. The second-order valence-electron chi connectivity index (χ2n) is 5.59. The van der Waals surface area contributed by atoms with Gasteiger partial charge >= 0.3 is 0 Å². The molecule has 2 atom stereocenters. The maximum Gasteiger partial charge on any atom is 0.163 e. The van der Waals surface area contributed by atoms with E-state index in [2.05, 4.69) is 26.2 Å². The first kappa shape index (κ1) is 12.9. The molecule has 1 aliphatic heterocycles. The standard InChI is InChI=1S/C11H22O3Si/c1-8(15(4,5)6)10(12)9-7-13-11(2,3)14-9/h9-10,12H,1,7H2,2-6H3/t9-,10+/m1/s1. The van der Waals surface area contributed by atoms with E-state index < -0.39 is 20.0 Å². The Labute approximate surface area is 93.1 Å². The summed E-state index contributed by atoms with van der Waals surface area (Å²) in [5.41, 5.74) is 0. The molecule has 1 heterocycles. The summed E-state index contributed by atoms with van der Waals surface area (Å²) in [6, 6.07) is 0. The summed E-state index contributed by atoms with van der Waals surface area (Å²) in [6.45, 7) is 14.7. The van der Waals surface area contributed by atoms with Crippen LogP contribution in [-0.4, -0.2) is 37.8 Å². The van der Waals surface area contributed by atoms with Gasteiger partial charge in [-0.15, -0.1) is 6.58 Å². The van der Waals surface area contributed by atoms with Gasteiger partial charge < -0.3 is 14.6 Å². The van der Waals surface area contributed by atoms with Crippen molar-refractivity contribution in [3.63, 3.8) is 0 Å². The average Bonchev–Trinajstić information content (AvgIpc) is 2.42. The number of rotatable bonds is 3. The van der Waals surface area contributed by atoms with Gasteiger partial charge in [-0.25, -0.2) is 0 Å². The lowest BCUT2D eigenvalue weighted by molar-refractivity contribution is -0.147. The average molecular weight is 230 g/mol. The molecular weight excluding hydrogens is 208 g/mol. The summed E-state index contributed by atoms with van der Waals surface area (Å²) in [6.07, 6.45) is -0.863. The van der Waals surface area contributed by atoms with E-state index in [1.165, 1.54) is 0 Å². The van der Waals surface area contributed by atoms with Crippen molar-refractivity contribution < 1.29 is 14.6 Å². The van der Waals surface area contributed by atoms with Crippen molar-refractivity contribution in [1.82, 2.24) is 0 Å². The summed E-state index contributed by atoms with van der Waals surface area (Å²) >= 11 is 0. The van der Waals surface area contributed by atoms with Gasteiger partial charge in [-0.05, 0) is 13.8 Å². The van der Waals surface area contributed by atoms with Gasteiger partial charge in [-0.2, -0.15) is 0 Å². The normalized spacial score (nSPS) is 27.7. The van der Waals surface area contributed by atoms with E-state index >= 15 is 0 Å². The Hall–Kier alpha value is -0.163. The molecule has 0 aromatic rings. The van der Waals surface area contributed by atoms with Crippen LogP contribution in [0.1, 0.15) is 13.8 Å². The van der Waals surface area contributed by atoms with Gasteiger partial charge in [-0.3, -0.25) is 0 Å². The largest absolute Gasteiger partial charge is 0.386 e. The van der Waals surface area contributed by atoms with E-state index in [0.717, 1.165) is 5.20 Å². The first-order valence-corrected chi connectivity index (χ1v) is 8.82. The van der Waals surface area contributed by atoms with Crippen molar-refractivity contribution in [3.05, 3.63) is 11.8 Å². The van der Waals surface area contributed by atoms with E-state index in [-0.39, 0.29) is 6.10 Å². The number of hydrogen-bond acceptors (Lipinski definition) is 3. The first-order valence-electron chi connectivity index (χ1n) is 5.32. The maximum atomic E-state index is 10.1. The van der Waals surface area contributed by atoms with Crippen LogP contribution < -0.4 is 0 Å². The van der Waals surface area contributed by atoms with E-state index in [1.54, 1.807) is 0 Å². The fourth-order valence-corrected chi connectivity index (χ4v) is 2.61. The maximum absolute atomic E-state index is 10.1. The SMILES string of the molecule is C=C([C@H](O)[C@H]1COC(C)(C)O1)[Si](C)(C)C. The number of aliphatic hydroxyl groups excluding tert-OH is 1. The molecule has 15 heavy (non-hydrogen) atoms. The van der Waals surface area contributed by atoms with Crippen LogP contribution in [0, 0.1) is 0 Å². The minimum absolute atomic E-state index is 0.265. The molecular formula is C11H22O3Si. The highest BCUT2D eigenvalue weighted by atomic mass is 28.3. The van der Waals surface area contributed by atoms with E-state index in [1.807, 2.05) is 13.8 Å². The first-order chi connectivity index (χ1) is 6.63. The zero-order valence-corrected chi connectivity index (χ0v) is 11.3. The Morgan fingerprint density at radius 3 is 2.33 bits per heavy atom. The Morgan fingerprint density at radius 2 is 2.00 bits per heavy atom. The van der Waals surface area contributed by atoms with Crippen molar-refractivity contribution in [1.29, 1.82) is 0 Å². The van der Waals surface area contributed by atoms with Crippen LogP contribution in [-0.2, 0) is 9.47 Å². The van der Waals surface area contributed by atoms with Gasteiger partial charge in [0.15, 0.2) is 5.79 Å². The smallest absolute Gasteiger partial charge is 0.163 e. The molecule has 0 unspecified atom stereocenters. The Bertz CT molecular complexity index is 255. The lowest BCUT2D eigenvalue weighted by Crippen LogP contribution is -2.40. The van der Waals surface area contributed by atoms with Crippen molar-refractivity contribution in [2.24, 2.45) is 0 Å². The van der Waals surface area contributed by atoms with Gasteiger partial charge in [0.1, 0.15) is 6.10 Å². The van der Waals surface area contributed by atoms with Crippen LogP contribution in [0.5, 0.6) is 0 Å². The van der Waals surface area contributed by atoms with Crippen LogP contribution >= 0.6 is 0 Å².